The first-order valence-corrected chi connectivity index (χ1v) is 3.30. The summed E-state index contributed by atoms with van der Waals surface area (Å²) in [5.41, 5.74) is 0. The van der Waals surface area contributed by atoms with Gasteiger partial charge in [-0.1, -0.05) is 23.2 Å². The third-order valence-electron chi connectivity index (χ3n) is 1.07. The second kappa shape index (κ2) is 2.58. The van der Waals surface area contributed by atoms with Crippen molar-refractivity contribution in [3.05, 3.63) is 10.2 Å². The number of nitrogens with one attached hydrogen (secondary N) is 1. The Morgan fingerprint density at radius 3 is 2.78 bits per heavy atom. The molecule has 4 heteroatoms. The van der Waals surface area contributed by atoms with Crippen molar-refractivity contribution in [1.29, 1.82) is 0 Å². The minimum absolute atomic E-state index is 0.000386. The van der Waals surface area contributed by atoms with Crippen molar-refractivity contribution in [3.8, 4) is 0 Å². The van der Waals surface area contributed by atoms with E-state index >= 15 is 0 Å². The summed E-state index contributed by atoms with van der Waals surface area (Å²) in [6.07, 6.45) is 1.54. The minimum atomic E-state index is 0.000386. The SMILES string of the molecule is CC1N=CNC(Cl)=C1Cl. The van der Waals surface area contributed by atoms with Gasteiger partial charge in [-0.05, 0) is 6.92 Å². The molecule has 1 rings (SSSR count). The van der Waals surface area contributed by atoms with E-state index in [1.807, 2.05) is 6.92 Å². The Balaban J connectivity index is 2.79. The fourth-order valence-electron chi connectivity index (χ4n) is 0.524. The lowest BCUT2D eigenvalue weighted by atomic mass is 10.3. The van der Waals surface area contributed by atoms with Gasteiger partial charge in [0.1, 0.15) is 5.16 Å². The molecule has 1 heterocycles. The highest BCUT2D eigenvalue weighted by molar-refractivity contribution is 6.40. The third-order valence-corrected chi connectivity index (χ3v) is 1.98. The van der Waals surface area contributed by atoms with Crippen molar-refractivity contribution < 1.29 is 0 Å². The second-order valence-corrected chi connectivity index (χ2v) is 2.55. The molecule has 1 unspecified atom stereocenters. The van der Waals surface area contributed by atoms with E-state index in [0.717, 1.165) is 0 Å². The van der Waals surface area contributed by atoms with Crippen LogP contribution >= 0.6 is 23.2 Å². The lowest BCUT2D eigenvalue weighted by molar-refractivity contribution is 0.872. The lowest BCUT2D eigenvalue weighted by Gasteiger charge is -2.12. The Morgan fingerprint density at radius 1 is 1.67 bits per heavy atom. The fraction of sp³-hybridized carbons (Fsp3) is 0.400. The largest absolute Gasteiger partial charge is 0.336 e. The first kappa shape index (κ1) is 6.90. The Morgan fingerprint density at radius 2 is 2.33 bits per heavy atom. The van der Waals surface area contributed by atoms with Crippen LogP contribution in [0.1, 0.15) is 6.92 Å². The zero-order valence-electron chi connectivity index (χ0n) is 4.86. The maximum Gasteiger partial charge on any atom is 0.124 e. The second-order valence-electron chi connectivity index (χ2n) is 1.76. The van der Waals surface area contributed by atoms with Gasteiger partial charge < -0.3 is 5.32 Å². The van der Waals surface area contributed by atoms with Crippen LogP contribution in [-0.4, -0.2) is 12.4 Å². The highest BCUT2D eigenvalue weighted by atomic mass is 35.5. The van der Waals surface area contributed by atoms with E-state index in [9.17, 15) is 0 Å². The van der Waals surface area contributed by atoms with Gasteiger partial charge in [0.25, 0.3) is 0 Å². The molecular weight excluding hydrogens is 159 g/mol. The van der Waals surface area contributed by atoms with Crippen molar-refractivity contribution in [3.63, 3.8) is 0 Å². The van der Waals surface area contributed by atoms with Crippen LogP contribution in [-0.2, 0) is 0 Å². The van der Waals surface area contributed by atoms with E-state index < -0.39 is 0 Å². The molecule has 1 atom stereocenters. The third kappa shape index (κ3) is 1.37. The predicted octanol–water partition coefficient (Wildman–Crippen LogP) is 1.65. The number of nitrogens with zero attached hydrogens (tertiary/aromatic N) is 1. The van der Waals surface area contributed by atoms with E-state index in [0.29, 0.717) is 10.2 Å². The van der Waals surface area contributed by atoms with Crippen LogP contribution in [0.5, 0.6) is 0 Å². The molecule has 0 saturated heterocycles. The highest BCUT2D eigenvalue weighted by Crippen LogP contribution is 2.19. The zero-order chi connectivity index (χ0) is 6.85. The predicted molar refractivity (Wildman–Crippen MR) is 39.8 cm³/mol. The highest BCUT2D eigenvalue weighted by Gasteiger charge is 2.11. The molecule has 0 aliphatic carbocycles. The van der Waals surface area contributed by atoms with E-state index in [1.54, 1.807) is 6.34 Å². The van der Waals surface area contributed by atoms with Crippen LogP contribution in [0.2, 0.25) is 0 Å². The average molecular weight is 165 g/mol. The van der Waals surface area contributed by atoms with Gasteiger partial charge in [-0.3, -0.25) is 4.99 Å². The van der Waals surface area contributed by atoms with E-state index in [2.05, 4.69) is 10.3 Å². The summed E-state index contributed by atoms with van der Waals surface area (Å²) in [4.78, 5) is 3.95. The zero-order valence-corrected chi connectivity index (χ0v) is 6.37. The summed E-state index contributed by atoms with van der Waals surface area (Å²) < 4.78 is 0. The van der Waals surface area contributed by atoms with Crippen LogP contribution in [0.3, 0.4) is 0 Å². The summed E-state index contributed by atoms with van der Waals surface area (Å²) in [5, 5.41) is 3.72. The molecule has 0 aromatic carbocycles. The van der Waals surface area contributed by atoms with Crippen LogP contribution in [0.15, 0.2) is 15.2 Å². The molecule has 2 nitrogen and oxygen atoms in total. The molecule has 0 saturated carbocycles. The maximum absolute atomic E-state index is 5.69. The monoisotopic (exact) mass is 164 g/mol. The normalized spacial score (nSPS) is 26.3. The van der Waals surface area contributed by atoms with Gasteiger partial charge in [-0.15, -0.1) is 0 Å². The molecule has 0 aromatic heterocycles. The summed E-state index contributed by atoms with van der Waals surface area (Å²) >= 11 is 11.3. The van der Waals surface area contributed by atoms with Crippen molar-refractivity contribution in [1.82, 2.24) is 5.32 Å². The topological polar surface area (TPSA) is 24.4 Å². The van der Waals surface area contributed by atoms with Crippen molar-refractivity contribution in [2.75, 3.05) is 0 Å². The molecule has 1 aliphatic rings. The molecule has 0 radical (unpaired) electrons. The van der Waals surface area contributed by atoms with Gasteiger partial charge in [0.05, 0.1) is 17.4 Å². The Labute approximate surface area is 63.6 Å². The van der Waals surface area contributed by atoms with Gasteiger partial charge in [0, 0.05) is 0 Å². The van der Waals surface area contributed by atoms with Gasteiger partial charge in [-0.25, -0.2) is 0 Å². The minimum Gasteiger partial charge on any atom is -0.336 e. The number of hydrogen-bond acceptors (Lipinski definition) is 2. The molecular formula is C5H6Cl2N2. The summed E-state index contributed by atoms with van der Waals surface area (Å²) in [7, 11) is 0. The number of rotatable bonds is 0. The van der Waals surface area contributed by atoms with Crippen LogP contribution in [0.4, 0.5) is 0 Å². The first-order chi connectivity index (χ1) is 4.22. The van der Waals surface area contributed by atoms with Crippen LogP contribution < -0.4 is 5.32 Å². The van der Waals surface area contributed by atoms with Gasteiger partial charge in [-0.2, -0.15) is 0 Å². The summed E-state index contributed by atoms with van der Waals surface area (Å²) in [6.45, 7) is 1.88. The molecule has 0 bridgehead atoms. The summed E-state index contributed by atoms with van der Waals surface area (Å²) in [5.74, 6) is 0. The van der Waals surface area contributed by atoms with Gasteiger partial charge in [0.15, 0.2) is 0 Å². The van der Waals surface area contributed by atoms with Crippen LogP contribution in [0.25, 0.3) is 0 Å². The lowest BCUT2D eigenvalue weighted by Crippen LogP contribution is -2.18. The van der Waals surface area contributed by atoms with E-state index in [1.165, 1.54) is 0 Å². The quantitative estimate of drug-likeness (QED) is 0.542. The molecule has 0 aromatic rings. The number of halogens is 2. The smallest absolute Gasteiger partial charge is 0.124 e. The number of hydrogen-bond donors (Lipinski definition) is 1. The van der Waals surface area contributed by atoms with Crippen LogP contribution in [0, 0.1) is 0 Å². The molecule has 1 N–H and O–H groups in total. The molecule has 0 amide bonds. The van der Waals surface area contributed by atoms with Gasteiger partial charge in [0.2, 0.25) is 0 Å². The molecule has 0 spiro atoms. The molecule has 0 fully saturated rings. The van der Waals surface area contributed by atoms with Crippen molar-refractivity contribution >= 4 is 29.5 Å². The Kier molecular flexibility index (Phi) is 1.98. The van der Waals surface area contributed by atoms with Crippen molar-refractivity contribution in [2.45, 2.75) is 13.0 Å². The maximum atomic E-state index is 5.69. The molecule has 9 heavy (non-hydrogen) atoms. The average Bonchev–Trinajstić information content (AvgIpc) is 1.83. The van der Waals surface area contributed by atoms with Crippen molar-refractivity contribution in [2.24, 2.45) is 4.99 Å². The molecule has 50 valence electrons. The Bertz CT molecular complexity index is 174. The van der Waals surface area contributed by atoms with E-state index in [-0.39, 0.29) is 6.04 Å². The standard InChI is InChI=1S/C5H6Cl2N2/c1-3-4(6)5(7)9-2-8-3/h2-3H,1H3,(H,8,9). The number of aliphatic imine (C=N–C) groups is 1. The van der Waals surface area contributed by atoms with Gasteiger partial charge >= 0.3 is 0 Å². The first-order valence-electron chi connectivity index (χ1n) is 2.55. The van der Waals surface area contributed by atoms with E-state index in [4.69, 9.17) is 23.2 Å². The fourth-order valence-corrected chi connectivity index (χ4v) is 0.841. The summed E-state index contributed by atoms with van der Waals surface area (Å²) in [6, 6.07) is 0.000386. The molecule has 1 aliphatic heterocycles. The Hall–Kier alpha value is -0.210.